The summed E-state index contributed by atoms with van der Waals surface area (Å²) in [6, 6.07) is 7.44. The van der Waals surface area contributed by atoms with Crippen LogP contribution in [0.1, 0.15) is 29.8 Å². The Hall–Kier alpha value is -3.09. The molecule has 0 atom stereocenters. The van der Waals surface area contributed by atoms with Gasteiger partial charge in [-0.25, -0.2) is 9.97 Å². The maximum atomic E-state index is 12.7. The summed E-state index contributed by atoms with van der Waals surface area (Å²) in [4.78, 5) is 26.8. The Morgan fingerprint density at radius 3 is 2.81 bits per heavy atom. The second-order valence-corrected chi connectivity index (χ2v) is 6.60. The third kappa shape index (κ3) is 2.56. The Morgan fingerprint density at radius 1 is 1.08 bits per heavy atom. The molecule has 26 heavy (non-hydrogen) atoms. The van der Waals surface area contributed by atoms with Gasteiger partial charge < -0.3 is 19.4 Å². The van der Waals surface area contributed by atoms with Crippen molar-refractivity contribution in [2.75, 3.05) is 19.9 Å². The number of hydrogen-bond donors (Lipinski definition) is 1. The second-order valence-electron chi connectivity index (χ2n) is 6.60. The van der Waals surface area contributed by atoms with Crippen molar-refractivity contribution in [1.82, 2.24) is 19.9 Å². The standard InChI is InChI=1S/C19H18N4O3/c24-19(23-6-2-1-3-7-23)14-9-13-15(21-14)10-20-18(22-13)12-4-5-16-17(8-12)26-11-25-16/h4-5,8-10,21H,1-3,6-7,11H2. The lowest BCUT2D eigenvalue weighted by molar-refractivity contribution is 0.0719. The first-order valence-electron chi connectivity index (χ1n) is 8.83. The zero-order chi connectivity index (χ0) is 17.5. The van der Waals surface area contributed by atoms with Crippen LogP contribution in [-0.2, 0) is 0 Å². The molecule has 0 aliphatic carbocycles. The summed E-state index contributed by atoms with van der Waals surface area (Å²) in [6.07, 6.45) is 5.05. The molecule has 0 radical (unpaired) electrons. The molecule has 7 heteroatoms. The van der Waals surface area contributed by atoms with Crippen molar-refractivity contribution < 1.29 is 14.3 Å². The lowest BCUT2D eigenvalue weighted by Crippen LogP contribution is -2.35. The Morgan fingerprint density at radius 2 is 1.92 bits per heavy atom. The molecule has 0 spiro atoms. The average molecular weight is 350 g/mol. The highest BCUT2D eigenvalue weighted by Crippen LogP contribution is 2.35. The van der Waals surface area contributed by atoms with Gasteiger partial charge in [0.1, 0.15) is 5.69 Å². The molecule has 1 fully saturated rings. The number of piperidine rings is 1. The van der Waals surface area contributed by atoms with E-state index in [2.05, 4.69) is 15.0 Å². The molecule has 4 heterocycles. The van der Waals surface area contributed by atoms with Crippen LogP contribution in [0.25, 0.3) is 22.4 Å². The Balaban J connectivity index is 1.47. The molecule has 2 aromatic heterocycles. The number of ether oxygens (including phenoxy) is 2. The van der Waals surface area contributed by atoms with Gasteiger partial charge in [0, 0.05) is 18.7 Å². The molecular formula is C19H18N4O3. The van der Waals surface area contributed by atoms with Crippen LogP contribution in [-0.4, -0.2) is 45.6 Å². The van der Waals surface area contributed by atoms with Crippen molar-refractivity contribution in [3.63, 3.8) is 0 Å². The molecule has 7 nitrogen and oxygen atoms in total. The van der Waals surface area contributed by atoms with Gasteiger partial charge >= 0.3 is 0 Å². The predicted molar refractivity (Wildman–Crippen MR) is 95.2 cm³/mol. The maximum Gasteiger partial charge on any atom is 0.270 e. The average Bonchev–Trinajstić information content (AvgIpc) is 3.33. The minimum absolute atomic E-state index is 0.0346. The topological polar surface area (TPSA) is 80.3 Å². The number of aromatic amines is 1. The molecule has 1 N–H and O–H groups in total. The van der Waals surface area contributed by atoms with Gasteiger partial charge in [-0.05, 0) is 43.5 Å². The Bertz CT molecular complexity index is 992. The first-order valence-corrected chi connectivity index (χ1v) is 8.83. The highest BCUT2D eigenvalue weighted by Gasteiger charge is 2.21. The van der Waals surface area contributed by atoms with E-state index >= 15 is 0 Å². The van der Waals surface area contributed by atoms with E-state index in [1.165, 1.54) is 6.42 Å². The van der Waals surface area contributed by atoms with Gasteiger partial charge in [-0.3, -0.25) is 4.79 Å². The number of carbonyl (C=O) groups excluding carboxylic acids is 1. The van der Waals surface area contributed by atoms with Gasteiger partial charge in [-0.1, -0.05) is 0 Å². The number of carbonyl (C=O) groups is 1. The number of nitrogens with zero attached hydrogens (tertiary/aromatic N) is 3. The minimum atomic E-state index is 0.0346. The van der Waals surface area contributed by atoms with Crippen LogP contribution in [0.15, 0.2) is 30.5 Å². The molecule has 3 aromatic rings. The largest absolute Gasteiger partial charge is 0.454 e. The fourth-order valence-corrected chi connectivity index (χ4v) is 3.48. The van der Waals surface area contributed by atoms with Crippen LogP contribution < -0.4 is 9.47 Å². The van der Waals surface area contributed by atoms with E-state index < -0.39 is 0 Å². The van der Waals surface area contributed by atoms with Gasteiger partial charge in [0.2, 0.25) is 6.79 Å². The monoisotopic (exact) mass is 350 g/mol. The van der Waals surface area contributed by atoms with E-state index in [9.17, 15) is 4.79 Å². The molecule has 2 aliphatic heterocycles. The Labute approximate surface area is 150 Å². The molecule has 0 bridgehead atoms. The first kappa shape index (κ1) is 15.2. The number of amides is 1. The van der Waals surface area contributed by atoms with Crippen molar-refractivity contribution in [1.29, 1.82) is 0 Å². The SMILES string of the molecule is O=C(c1cc2nc(-c3ccc4c(c3)OCO4)ncc2[nH]1)N1CCCCC1. The van der Waals surface area contributed by atoms with Crippen LogP contribution in [0.2, 0.25) is 0 Å². The molecular weight excluding hydrogens is 332 g/mol. The van der Waals surface area contributed by atoms with E-state index in [0.29, 0.717) is 17.3 Å². The molecule has 1 aromatic carbocycles. The quantitative estimate of drug-likeness (QED) is 0.768. The maximum absolute atomic E-state index is 12.7. The van der Waals surface area contributed by atoms with Crippen molar-refractivity contribution in [3.05, 3.63) is 36.2 Å². The zero-order valence-corrected chi connectivity index (χ0v) is 14.2. The summed E-state index contributed by atoms with van der Waals surface area (Å²) in [7, 11) is 0. The normalized spacial score (nSPS) is 16.2. The summed E-state index contributed by atoms with van der Waals surface area (Å²) in [6.45, 7) is 1.88. The molecule has 2 aliphatic rings. The lowest BCUT2D eigenvalue weighted by atomic mass is 10.1. The number of hydrogen-bond acceptors (Lipinski definition) is 5. The summed E-state index contributed by atoms with van der Waals surface area (Å²) in [5.41, 5.74) is 2.91. The summed E-state index contributed by atoms with van der Waals surface area (Å²) >= 11 is 0. The number of nitrogens with one attached hydrogen (secondary N) is 1. The second kappa shape index (κ2) is 6.01. The fourth-order valence-electron chi connectivity index (χ4n) is 3.48. The van der Waals surface area contributed by atoms with Crippen LogP contribution in [0, 0.1) is 0 Å². The van der Waals surface area contributed by atoms with Gasteiger partial charge in [0.15, 0.2) is 17.3 Å². The third-order valence-corrected chi connectivity index (χ3v) is 4.87. The number of benzene rings is 1. The molecule has 0 unspecified atom stereocenters. The summed E-state index contributed by atoms with van der Waals surface area (Å²) in [5.74, 6) is 2.05. The highest BCUT2D eigenvalue weighted by atomic mass is 16.7. The van der Waals surface area contributed by atoms with Crippen LogP contribution >= 0.6 is 0 Å². The van der Waals surface area contributed by atoms with Crippen molar-refractivity contribution in [3.8, 4) is 22.9 Å². The van der Waals surface area contributed by atoms with E-state index in [1.54, 1.807) is 6.20 Å². The molecule has 1 amide bonds. The van der Waals surface area contributed by atoms with Crippen LogP contribution in [0.4, 0.5) is 0 Å². The number of H-pyrrole nitrogens is 1. The van der Waals surface area contributed by atoms with E-state index in [-0.39, 0.29) is 12.7 Å². The van der Waals surface area contributed by atoms with E-state index in [1.807, 2.05) is 29.2 Å². The number of rotatable bonds is 2. The number of fused-ring (bicyclic) bond motifs is 2. The molecule has 5 rings (SSSR count). The number of likely N-dealkylation sites (tertiary alicyclic amines) is 1. The highest BCUT2D eigenvalue weighted by molar-refractivity contribution is 5.97. The summed E-state index contributed by atoms with van der Waals surface area (Å²) in [5, 5.41) is 0. The van der Waals surface area contributed by atoms with E-state index in [0.717, 1.165) is 48.3 Å². The van der Waals surface area contributed by atoms with Crippen molar-refractivity contribution in [2.24, 2.45) is 0 Å². The van der Waals surface area contributed by atoms with E-state index in [4.69, 9.17) is 9.47 Å². The van der Waals surface area contributed by atoms with Gasteiger partial charge in [0.25, 0.3) is 5.91 Å². The smallest absolute Gasteiger partial charge is 0.270 e. The fraction of sp³-hybridized carbons (Fsp3) is 0.316. The molecule has 0 saturated carbocycles. The first-order chi connectivity index (χ1) is 12.8. The molecule has 132 valence electrons. The van der Waals surface area contributed by atoms with Gasteiger partial charge in [-0.15, -0.1) is 0 Å². The predicted octanol–water partition coefficient (Wildman–Crippen LogP) is 2.98. The third-order valence-electron chi connectivity index (χ3n) is 4.87. The van der Waals surface area contributed by atoms with Crippen molar-refractivity contribution >= 4 is 16.9 Å². The van der Waals surface area contributed by atoms with Gasteiger partial charge in [0.05, 0.1) is 17.2 Å². The van der Waals surface area contributed by atoms with Crippen LogP contribution in [0.5, 0.6) is 11.5 Å². The minimum Gasteiger partial charge on any atom is -0.454 e. The Kier molecular flexibility index (Phi) is 3.51. The van der Waals surface area contributed by atoms with Gasteiger partial charge in [-0.2, -0.15) is 0 Å². The lowest BCUT2D eigenvalue weighted by Gasteiger charge is -2.26. The molecule has 1 saturated heterocycles. The zero-order valence-electron chi connectivity index (χ0n) is 14.2. The van der Waals surface area contributed by atoms with Crippen LogP contribution in [0.3, 0.4) is 0 Å². The number of aromatic nitrogens is 3. The summed E-state index contributed by atoms with van der Waals surface area (Å²) < 4.78 is 10.8. The van der Waals surface area contributed by atoms with Crippen molar-refractivity contribution in [2.45, 2.75) is 19.3 Å².